The Morgan fingerprint density at radius 1 is 0.727 bits per heavy atom. The Kier molecular flexibility index (Phi) is 8.87. The van der Waals surface area contributed by atoms with Gasteiger partial charge < -0.3 is 79.5 Å². The molecule has 2 fully saturated rings. The Morgan fingerprint density at radius 2 is 1.32 bits per heavy atom. The fraction of sp³-hybridized carbons (Fsp3) is 0.444. The highest BCUT2D eigenvalue weighted by atomic mass is 16.7. The molecule has 17 nitrogen and oxygen atoms in total. The second-order valence-corrected chi connectivity index (χ2v) is 10.3. The van der Waals surface area contributed by atoms with Crippen LogP contribution < -0.4 is 10.2 Å². The van der Waals surface area contributed by atoms with Crippen molar-refractivity contribution >= 4 is 11.0 Å². The highest BCUT2D eigenvalue weighted by molar-refractivity contribution is 5.93. The van der Waals surface area contributed by atoms with E-state index >= 15 is 0 Å². The molecule has 10 unspecified atom stereocenters. The molecule has 1 aromatic heterocycles. The number of aromatic hydroxyl groups is 4. The van der Waals surface area contributed by atoms with Crippen LogP contribution in [-0.4, -0.2) is 131 Å². The summed E-state index contributed by atoms with van der Waals surface area (Å²) in [4.78, 5) is 13.0. The summed E-state index contributed by atoms with van der Waals surface area (Å²) >= 11 is 0. The smallest absolute Gasteiger partial charge is 0.238 e. The number of hydrogen-bond donors (Lipinski definition) is 11. The maximum atomic E-state index is 13.0. The average Bonchev–Trinajstić information content (AvgIpc) is 3.00. The molecular weight excluding hydrogens is 596 g/mol. The van der Waals surface area contributed by atoms with Crippen LogP contribution in [0, 0.1) is 0 Å². The van der Waals surface area contributed by atoms with Crippen molar-refractivity contribution in [2.45, 2.75) is 61.4 Å². The second-order valence-electron chi connectivity index (χ2n) is 10.3. The first-order valence-corrected chi connectivity index (χ1v) is 13.2. The van der Waals surface area contributed by atoms with Crippen molar-refractivity contribution in [1.82, 2.24) is 0 Å². The van der Waals surface area contributed by atoms with Crippen molar-refractivity contribution in [3.63, 3.8) is 0 Å². The van der Waals surface area contributed by atoms with Crippen LogP contribution in [0.5, 0.6) is 28.7 Å². The molecule has 0 bridgehead atoms. The molecule has 10 atom stereocenters. The summed E-state index contributed by atoms with van der Waals surface area (Å²) < 4.78 is 27.4. The number of phenols is 3. The molecule has 2 aromatic carbocycles. The van der Waals surface area contributed by atoms with Gasteiger partial charge in [-0.1, -0.05) is 0 Å². The van der Waals surface area contributed by atoms with Crippen molar-refractivity contribution in [3.05, 3.63) is 40.6 Å². The zero-order valence-electron chi connectivity index (χ0n) is 22.4. The summed E-state index contributed by atoms with van der Waals surface area (Å²) in [6, 6.07) is 5.76. The molecule has 44 heavy (non-hydrogen) atoms. The molecule has 0 aliphatic carbocycles. The standard InChI is InChI=1S/C27H30O17/c28-6-12-15(32)18(35)21(38)26(41-12)40-7-13-16(33)19(36)22(39)27(42-13)44-24-11(31)5-10(30)14-17(34)20(37)23(43-25(14)24)8-1-3-9(29)4-2-8/h1-5,12-13,15-16,18-19,21-22,26-33,35-39H,6-7H2. The lowest BCUT2D eigenvalue weighted by atomic mass is 9.98. The average molecular weight is 627 g/mol. The normalized spacial score (nSPS) is 32.5. The van der Waals surface area contributed by atoms with Crippen LogP contribution in [0.4, 0.5) is 0 Å². The third-order valence-electron chi connectivity index (χ3n) is 7.36. The molecule has 2 aliphatic rings. The van der Waals surface area contributed by atoms with Crippen LogP contribution in [0.3, 0.4) is 0 Å². The number of aliphatic hydroxyl groups excluding tert-OH is 7. The monoisotopic (exact) mass is 626 g/mol. The Morgan fingerprint density at radius 3 is 1.95 bits per heavy atom. The number of fused-ring (bicyclic) bond motifs is 1. The predicted molar refractivity (Wildman–Crippen MR) is 142 cm³/mol. The second kappa shape index (κ2) is 12.3. The Hall–Kier alpha value is -3.75. The van der Waals surface area contributed by atoms with Gasteiger partial charge in [0.2, 0.25) is 23.2 Å². The lowest BCUT2D eigenvalue weighted by Crippen LogP contribution is -2.62. The van der Waals surface area contributed by atoms with Gasteiger partial charge in [0.15, 0.2) is 23.4 Å². The molecule has 2 aliphatic heterocycles. The largest absolute Gasteiger partial charge is 0.508 e. The van der Waals surface area contributed by atoms with Crippen molar-refractivity contribution in [1.29, 1.82) is 0 Å². The van der Waals surface area contributed by atoms with Crippen LogP contribution in [0.15, 0.2) is 39.5 Å². The fourth-order valence-electron chi connectivity index (χ4n) is 4.89. The predicted octanol–water partition coefficient (Wildman–Crippen LogP) is -2.71. The van der Waals surface area contributed by atoms with E-state index in [2.05, 4.69) is 0 Å². The summed E-state index contributed by atoms with van der Waals surface area (Å²) in [5.41, 5.74) is -1.65. The lowest BCUT2D eigenvalue weighted by Gasteiger charge is -2.42. The SMILES string of the molecule is O=c1c(O)c(-c2ccc(O)cc2)oc2c(OC3OC(COC4OC(CO)C(O)C(O)C4O)C(O)C(O)C3O)c(O)cc(O)c12. The highest BCUT2D eigenvalue weighted by Gasteiger charge is 2.48. The molecule has 3 aromatic rings. The summed E-state index contributed by atoms with van der Waals surface area (Å²) in [7, 11) is 0. The van der Waals surface area contributed by atoms with E-state index < -0.39 is 120 Å². The quantitative estimate of drug-likeness (QED) is 0.127. The van der Waals surface area contributed by atoms with Gasteiger partial charge in [0.1, 0.15) is 65.7 Å². The van der Waals surface area contributed by atoms with E-state index in [0.717, 1.165) is 0 Å². The van der Waals surface area contributed by atoms with Gasteiger partial charge in [0.25, 0.3) is 0 Å². The van der Waals surface area contributed by atoms with Gasteiger partial charge in [0.05, 0.1) is 13.2 Å². The number of ether oxygens (including phenoxy) is 4. The van der Waals surface area contributed by atoms with E-state index in [0.29, 0.717) is 6.07 Å². The van der Waals surface area contributed by atoms with Gasteiger partial charge in [-0.2, -0.15) is 0 Å². The van der Waals surface area contributed by atoms with Crippen LogP contribution >= 0.6 is 0 Å². The number of phenolic OH excluding ortho intramolecular Hbond substituents is 3. The molecule has 240 valence electrons. The maximum absolute atomic E-state index is 13.0. The number of rotatable bonds is 7. The van der Waals surface area contributed by atoms with Crippen molar-refractivity contribution in [2.75, 3.05) is 13.2 Å². The van der Waals surface area contributed by atoms with Crippen molar-refractivity contribution < 1.29 is 79.5 Å². The maximum Gasteiger partial charge on any atom is 0.238 e. The van der Waals surface area contributed by atoms with Crippen LogP contribution in [0.2, 0.25) is 0 Å². The van der Waals surface area contributed by atoms with E-state index in [1.807, 2.05) is 0 Å². The molecule has 0 saturated carbocycles. The van der Waals surface area contributed by atoms with Crippen LogP contribution in [0.1, 0.15) is 0 Å². The third-order valence-corrected chi connectivity index (χ3v) is 7.36. The van der Waals surface area contributed by atoms with Gasteiger partial charge in [-0.25, -0.2) is 0 Å². The first-order valence-electron chi connectivity index (χ1n) is 13.2. The van der Waals surface area contributed by atoms with Gasteiger partial charge in [-0.05, 0) is 24.3 Å². The summed E-state index contributed by atoms with van der Waals surface area (Å²) in [6.07, 6.45) is -17.4. The fourth-order valence-corrected chi connectivity index (χ4v) is 4.89. The van der Waals surface area contributed by atoms with Gasteiger partial charge in [-0.15, -0.1) is 0 Å². The van der Waals surface area contributed by atoms with Gasteiger partial charge in [0, 0.05) is 11.6 Å². The topological polar surface area (TPSA) is 290 Å². The molecule has 17 heteroatoms. The van der Waals surface area contributed by atoms with Gasteiger partial charge in [-0.3, -0.25) is 4.79 Å². The third kappa shape index (κ3) is 5.61. The number of aliphatic hydroxyl groups is 7. The van der Waals surface area contributed by atoms with E-state index in [1.54, 1.807) is 0 Å². The zero-order chi connectivity index (χ0) is 32.0. The molecular formula is C27H30O17. The highest BCUT2D eigenvalue weighted by Crippen LogP contribution is 2.44. The summed E-state index contributed by atoms with van der Waals surface area (Å²) in [6.45, 7) is -1.41. The zero-order valence-corrected chi connectivity index (χ0v) is 22.4. The van der Waals surface area contributed by atoms with Crippen molar-refractivity contribution in [2.24, 2.45) is 0 Å². The molecule has 0 spiro atoms. The molecule has 2 saturated heterocycles. The van der Waals surface area contributed by atoms with E-state index in [4.69, 9.17) is 23.4 Å². The first kappa shape index (κ1) is 31.7. The van der Waals surface area contributed by atoms with E-state index in [9.17, 15) is 61.0 Å². The molecule has 3 heterocycles. The lowest BCUT2D eigenvalue weighted by molar-refractivity contribution is -0.323. The van der Waals surface area contributed by atoms with E-state index in [1.165, 1.54) is 24.3 Å². The first-order chi connectivity index (χ1) is 20.8. The minimum atomic E-state index is -1.99. The Labute approximate surface area is 246 Å². The molecule has 0 radical (unpaired) electrons. The van der Waals surface area contributed by atoms with Gasteiger partial charge >= 0.3 is 0 Å². The molecule has 11 N–H and O–H groups in total. The Bertz CT molecular complexity index is 1540. The number of benzene rings is 2. The minimum Gasteiger partial charge on any atom is -0.508 e. The summed E-state index contributed by atoms with van der Waals surface area (Å²) in [5, 5.41) is 112. The summed E-state index contributed by atoms with van der Waals surface area (Å²) in [5.74, 6) is -3.82. The molecule has 5 rings (SSSR count). The number of hydrogen-bond acceptors (Lipinski definition) is 17. The Balaban J connectivity index is 1.45. The van der Waals surface area contributed by atoms with E-state index in [-0.39, 0.29) is 11.3 Å². The van der Waals surface area contributed by atoms with Crippen LogP contribution in [-0.2, 0) is 14.2 Å². The minimum absolute atomic E-state index is 0.103. The molecule has 0 amide bonds. The van der Waals surface area contributed by atoms with Crippen molar-refractivity contribution in [3.8, 4) is 40.1 Å². The van der Waals surface area contributed by atoms with Crippen LogP contribution in [0.25, 0.3) is 22.3 Å².